The number of thiol groups is 1. The number of carbonyl (C=O) groups is 1. The third kappa shape index (κ3) is 2.64. The molecule has 0 saturated carbocycles. The van der Waals surface area contributed by atoms with Gasteiger partial charge in [-0.2, -0.15) is 0 Å². The van der Waals surface area contributed by atoms with E-state index in [-0.39, 0.29) is 17.1 Å². The van der Waals surface area contributed by atoms with E-state index in [0.717, 1.165) is 0 Å². The van der Waals surface area contributed by atoms with Crippen LogP contribution < -0.4 is 21.9 Å². The molecule has 1 amide bonds. The summed E-state index contributed by atoms with van der Waals surface area (Å²) in [6.07, 6.45) is 1.35. The standard InChI is InChI=1S/C12H16N6O3S/c1-6(10(19)15-7(4-22)13-2)18-5-14-9-8(18)11(20)16-12(21)17(9)3/h4-6,13,22H,1-3H3,(H,15,19)(H,16,20,21)/b7-4+/t6-/m0/s1. The Hall–Kier alpha value is -2.49. The monoisotopic (exact) mass is 324 g/mol. The number of aryl methyl sites for hydroxylation is 1. The highest BCUT2D eigenvalue weighted by atomic mass is 32.1. The van der Waals surface area contributed by atoms with Gasteiger partial charge in [0.05, 0.1) is 6.33 Å². The second-order valence-electron chi connectivity index (χ2n) is 4.60. The van der Waals surface area contributed by atoms with E-state index in [1.54, 1.807) is 14.0 Å². The van der Waals surface area contributed by atoms with Crippen LogP contribution in [0.2, 0.25) is 0 Å². The van der Waals surface area contributed by atoms with Crippen LogP contribution in [0.4, 0.5) is 0 Å². The molecule has 0 spiro atoms. The second kappa shape index (κ2) is 6.10. The normalized spacial score (nSPS) is 13.2. The molecule has 10 heteroatoms. The molecule has 2 rings (SSSR count). The average molecular weight is 324 g/mol. The molecule has 1 atom stereocenters. The second-order valence-corrected chi connectivity index (χ2v) is 4.86. The van der Waals surface area contributed by atoms with Crippen LogP contribution in [0.25, 0.3) is 11.2 Å². The molecule has 0 radical (unpaired) electrons. The third-order valence-corrected chi connectivity index (χ3v) is 3.54. The highest BCUT2D eigenvalue weighted by molar-refractivity contribution is 7.83. The molecule has 2 aromatic heterocycles. The van der Waals surface area contributed by atoms with E-state index < -0.39 is 17.3 Å². The van der Waals surface area contributed by atoms with Gasteiger partial charge in [-0.1, -0.05) is 0 Å². The first-order valence-electron chi connectivity index (χ1n) is 6.39. The maximum absolute atomic E-state index is 12.2. The van der Waals surface area contributed by atoms with Crippen molar-refractivity contribution in [3.8, 4) is 0 Å². The number of hydrogen-bond acceptors (Lipinski definition) is 6. The Balaban J connectivity index is 2.48. The van der Waals surface area contributed by atoms with Gasteiger partial charge in [-0.05, 0) is 6.92 Å². The lowest BCUT2D eigenvalue weighted by molar-refractivity contribution is -0.123. The van der Waals surface area contributed by atoms with Crippen molar-refractivity contribution in [3.05, 3.63) is 38.4 Å². The third-order valence-electron chi connectivity index (χ3n) is 3.29. The summed E-state index contributed by atoms with van der Waals surface area (Å²) in [6, 6.07) is -0.708. The van der Waals surface area contributed by atoms with E-state index in [1.807, 2.05) is 0 Å². The van der Waals surface area contributed by atoms with Gasteiger partial charge in [-0.3, -0.25) is 19.1 Å². The zero-order valence-corrected chi connectivity index (χ0v) is 13.1. The van der Waals surface area contributed by atoms with Crippen LogP contribution >= 0.6 is 12.6 Å². The fourth-order valence-corrected chi connectivity index (χ4v) is 2.16. The van der Waals surface area contributed by atoms with Gasteiger partial charge in [0.15, 0.2) is 11.2 Å². The molecule has 0 unspecified atom stereocenters. The maximum atomic E-state index is 12.2. The number of fused-ring (bicyclic) bond motifs is 1. The summed E-state index contributed by atoms with van der Waals surface area (Å²) in [6.45, 7) is 1.62. The van der Waals surface area contributed by atoms with E-state index in [9.17, 15) is 14.4 Å². The zero-order valence-electron chi connectivity index (χ0n) is 12.2. The molecule has 3 N–H and O–H groups in total. The minimum absolute atomic E-state index is 0.158. The lowest BCUT2D eigenvalue weighted by atomic mass is 10.3. The van der Waals surface area contributed by atoms with Crippen molar-refractivity contribution in [2.45, 2.75) is 13.0 Å². The number of amides is 1. The summed E-state index contributed by atoms with van der Waals surface area (Å²) in [5, 5.41) is 6.79. The van der Waals surface area contributed by atoms with Crippen molar-refractivity contribution in [1.82, 2.24) is 29.7 Å². The van der Waals surface area contributed by atoms with Gasteiger partial charge in [0.1, 0.15) is 11.9 Å². The van der Waals surface area contributed by atoms with Crippen LogP contribution in [0.5, 0.6) is 0 Å². The van der Waals surface area contributed by atoms with Gasteiger partial charge >= 0.3 is 5.69 Å². The van der Waals surface area contributed by atoms with Crippen LogP contribution in [-0.4, -0.2) is 32.1 Å². The summed E-state index contributed by atoms with van der Waals surface area (Å²) in [5.74, 6) is 0.0631. The van der Waals surface area contributed by atoms with Crippen LogP contribution in [0.1, 0.15) is 13.0 Å². The van der Waals surface area contributed by atoms with Gasteiger partial charge < -0.3 is 15.2 Å². The van der Waals surface area contributed by atoms with Crippen molar-refractivity contribution < 1.29 is 4.79 Å². The smallest absolute Gasteiger partial charge is 0.329 e. The Morgan fingerprint density at radius 3 is 2.77 bits per heavy atom. The van der Waals surface area contributed by atoms with Gasteiger partial charge in [-0.15, -0.1) is 12.6 Å². The summed E-state index contributed by atoms with van der Waals surface area (Å²) in [7, 11) is 3.13. The Morgan fingerprint density at radius 2 is 2.18 bits per heavy atom. The fourth-order valence-electron chi connectivity index (χ4n) is 1.97. The van der Waals surface area contributed by atoms with Crippen LogP contribution in [-0.2, 0) is 11.8 Å². The van der Waals surface area contributed by atoms with Gasteiger partial charge in [0.25, 0.3) is 5.56 Å². The lowest BCUT2D eigenvalue weighted by Crippen LogP contribution is -2.35. The molecule has 0 aliphatic carbocycles. The van der Waals surface area contributed by atoms with Crippen molar-refractivity contribution >= 4 is 29.7 Å². The Labute approximate surface area is 130 Å². The van der Waals surface area contributed by atoms with Crippen LogP contribution in [0.3, 0.4) is 0 Å². The topological polar surface area (TPSA) is 114 Å². The molecule has 0 aliphatic rings. The van der Waals surface area contributed by atoms with Gasteiger partial charge in [-0.25, -0.2) is 9.78 Å². The number of hydrogen-bond donors (Lipinski definition) is 4. The number of H-pyrrole nitrogens is 1. The molecular weight excluding hydrogens is 308 g/mol. The molecule has 0 aliphatic heterocycles. The molecular formula is C12H16N6O3S. The predicted molar refractivity (Wildman–Crippen MR) is 84.6 cm³/mol. The molecule has 0 bridgehead atoms. The van der Waals surface area contributed by atoms with E-state index in [0.29, 0.717) is 5.82 Å². The molecule has 9 nitrogen and oxygen atoms in total. The highest BCUT2D eigenvalue weighted by Crippen LogP contribution is 2.13. The molecule has 2 aromatic rings. The molecule has 0 aromatic carbocycles. The minimum atomic E-state index is -0.708. The summed E-state index contributed by atoms with van der Waals surface area (Å²) < 4.78 is 2.62. The van der Waals surface area contributed by atoms with Crippen molar-refractivity contribution in [3.63, 3.8) is 0 Å². The van der Waals surface area contributed by atoms with Crippen molar-refractivity contribution in [2.24, 2.45) is 7.05 Å². The molecule has 118 valence electrons. The number of carbonyl (C=O) groups excluding carboxylic acids is 1. The fraction of sp³-hybridized carbons (Fsp3) is 0.333. The van der Waals surface area contributed by atoms with Crippen molar-refractivity contribution in [2.75, 3.05) is 7.05 Å². The van der Waals surface area contributed by atoms with E-state index in [2.05, 4.69) is 33.2 Å². The average Bonchev–Trinajstić information content (AvgIpc) is 2.94. The Morgan fingerprint density at radius 1 is 1.50 bits per heavy atom. The quantitative estimate of drug-likeness (QED) is 0.542. The number of nitrogens with one attached hydrogen (secondary N) is 3. The maximum Gasteiger partial charge on any atom is 0.329 e. The Bertz CT molecular complexity index is 862. The number of imidazole rings is 1. The summed E-state index contributed by atoms with van der Waals surface area (Å²) >= 11 is 3.96. The molecule has 0 fully saturated rings. The molecule has 22 heavy (non-hydrogen) atoms. The highest BCUT2D eigenvalue weighted by Gasteiger charge is 2.21. The van der Waals surface area contributed by atoms with Crippen LogP contribution in [0.15, 0.2) is 27.1 Å². The summed E-state index contributed by atoms with van der Waals surface area (Å²) in [4.78, 5) is 42.0. The largest absolute Gasteiger partial charge is 0.374 e. The molecule has 0 saturated heterocycles. The summed E-state index contributed by atoms with van der Waals surface area (Å²) in [5.41, 5.74) is -0.776. The zero-order chi connectivity index (χ0) is 16.4. The first-order valence-corrected chi connectivity index (χ1v) is 6.91. The lowest BCUT2D eigenvalue weighted by Gasteiger charge is -2.15. The number of rotatable bonds is 4. The van der Waals surface area contributed by atoms with E-state index in [4.69, 9.17) is 0 Å². The van der Waals surface area contributed by atoms with Crippen LogP contribution in [0, 0.1) is 0 Å². The number of aromatic nitrogens is 4. The molecule has 2 heterocycles. The first kappa shape index (κ1) is 15.9. The van der Waals surface area contributed by atoms with Gasteiger partial charge in [0, 0.05) is 19.5 Å². The Kier molecular flexibility index (Phi) is 4.40. The predicted octanol–water partition coefficient (Wildman–Crippen LogP) is -0.951. The van der Waals surface area contributed by atoms with E-state index >= 15 is 0 Å². The number of aromatic amines is 1. The first-order chi connectivity index (χ1) is 10.4. The van der Waals surface area contributed by atoms with Gasteiger partial charge in [0.2, 0.25) is 5.91 Å². The minimum Gasteiger partial charge on any atom is -0.374 e. The van der Waals surface area contributed by atoms with Crippen molar-refractivity contribution in [1.29, 1.82) is 0 Å². The number of nitrogens with zero attached hydrogens (tertiary/aromatic N) is 3. The SMILES string of the molecule is CN/C(=C\S)NC(=O)[C@H](C)n1cnc2c1c(=O)[nH]c(=O)n2C. The van der Waals surface area contributed by atoms with E-state index in [1.165, 1.54) is 27.9 Å².